The minimum Gasteiger partial charge on any atom is -0.516 e. The summed E-state index contributed by atoms with van der Waals surface area (Å²) in [5.41, 5.74) is -0.230. The van der Waals surface area contributed by atoms with Crippen molar-refractivity contribution in [2.24, 2.45) is 0 Å². The van der Waals surface area contributed by atoms with Crippen LogP contribution in [0.15, 0.2) is 29.2 Å². The normalized spacial score (nSPS) is 12.9. The second kappa shape index (κ2) is 6.60. The van der Waals surface area contributed by atoms with Crippen molar-refractivity contribution in [3.63, 3.8) is 0 Å². The van der Waals surface area contributed by atoms with Crippen LogP contribution in [-0.4, -0.2) is 31.5 Å². The third-order valence-corrected chi connectivity index (χ3v) is 4.14. The Balaban J connectivity index is 3.08. The maximum atomic E-state index is 13.0. The lowest BCUT2D eigenvalue weighted by molar-refractivity contribution is -0.264. The predicted octanol–water partition coefficient (Wildman–Crippen LogP) is 4.49. The summed E-state index contributed by atoms with van der Waals surface area (Å²) in [4.78, 5) is 23.0. The lowest BCUT2D eigenvalue weighted by atomic mass is 10.2. The van der Waals surface area contributed by atoms with E-state index >= 15 is 0 Å². The Bertz CT molecular complexity index is 610. The van der Waals surface area contributed by atoms with Gasteiger partial charge < -0.3 is 4.43 Å². The van der Waals surface area contributed by atoms with Gasteiger partial charge in [0.05, 0.1) is 5.56 Å². The minimum atomic E-state index is -6.00. The fourth-order valence-electron chi connectivity index (χ4n) is 1.34. The lowest BCUT2D eigenvalue weighted by Crippen LogP contribution is -2.42. The van der Waals surface area contributed by atoms with E-state index in [4.69, 9.17) is 4.43 Å². The van der Waals surface area contributed by atoms with Crippen molar-refractivity contribution < 1.29 is 36.0 Å². The number of carbonyl (C=O) groups excluding carboxylic acids is 2. The number of alkyl halides is 5. The van der Waals surface area contributed by atoms with Gasteiger partial charge in [0.2, 0.25) is 8.32 Å². The molecule has 0 unspecified atom stereocenters. The zero-order valence-corrected chi connectivity index (χ0v) is 14.1. The van der Waals surface area contributed by atoms with Gasteiger partial charge in [0, 0.05) is 4.90 Å². The van der Waals surface area contributed by atoms with Crippen LogP contribution >= 0.6 is 11.8 Å². The number of halogens is 5. The van der Waals surface area contributed by atoms with Crippen LogP contribution in [-0.2, 0) is 9.22 Å². The fourth-order valence-corrected chi connectivity index (χ4v) is 2.85. The van der Waals surface area contributed by atoms with E-state index in [2.05, 4.69) is 0 Å². The highest BCUT2D eigenvalue weighted by molar-refractivity contribution is 8.14. The zero-order chi connectivity index (χ0) is 18.1. The topological polar surface area (TPSA) is 43.4 Å². The smallest absolute Gasteiger partial charge is 0.462 e. The van der Waals surface area contributed by atoms with Gasteiger partial charge in [-0.15, -0.1) is 0 Å². The third kappa shape index (κ3) is 5.03. The molecule has 0 saturated heterocycles. The van der Waals surface area contributed by atoms with Crippen molar-refractivity contribution >= 4 is 31.2 Å². The molecule has 0 radical (unpaired) electrons. The van der Waals surface area contributed by atoms with Crippen molar-refractivity contribution in [2.45, 2.75) is 36.6 Å². The van der Waals surface area contributed by atoms with Crippen LogP contribution in [0.25, 0.3) is 0 Å². The number of benzene rings is 1. The standard InChI is InChI=1S/C13H13F5O3SSi/c1-23(2,3)21-10(19)8-6-4-5-7-9(8)22-11(20)12(14,15)13(16,17)18/h4-7H,1-3H3. The highest BCUT2D eigenvalue weighted by Gasteiger charge is 2.63. The van der Waals surface area contributed by atoms with Crippen LogP contribution < -0.4 is 0 Å². The van der Waals surface area contributed by atoms with Crippen LogP contribution in [0.5, 0.6) is 0 Å². The summed E-state index contributed by atoms with van der Waals surface area (Å²) in [6.45, 7) is 5.09. The number of hydrogen-bond acceptors (Lipinski definition) is 4. The molecular formula is C13H13F5O3SSi. The van der Waals surface area contributed by atoms with Gasteiger partial charge in [0.15, 0.2) is 0 Å². The van der Waals surface area contributed by atoms with E-state index < -0.39 is 31.5 Å². The zero-order valence-electron chi connectivity index (χ0n) is 12.3. The van der Waals surface area contributed by atoms with Gasteiger partial charge in [-0.05, 0) is 43.5 Å². The molecule has 0 aliphatic rings. The molecule has 0 saturated carbocycles. The van der Waals surface area contributed by atoms with E-state index in [-0.39, 0.29) is 22.2 Å². The summed E-state index contributed by atoms with van der Waals surface area (Å²) in [6.07, 6.45) is -6.00. The number of hydrogen-bond donors (Lipinski definition) is 0. The maximum Gasteiger partial charge on any atom is 0.462 e. The maximum absolute atomic E-state index is 13.0. The molecule has 0 fully saturated rings. The molecule has 0 amide bonds. The Kier molecular flexibility index (Phi) is 5.63. The van der Waals surface area contributed by atoms with E-state index in [1.807, 2.05) is 0 Å². The first-order valence-electron chi connectivity index (χ1n) is 6.25. The van der Waals surface area contributed by atoms with Gasteiger partial charge in [-0.3, -0.25) is 4.79 Å². The lowest BCUT2D eigenvalue weighted by Gasteiger charge is -2.20. The Morgan fingerprint density at radius 3 is 2.04 bits per heavy atom. The van der Waals surface area contributed by atoms with Crippen LogP contribution in [0, 0.1) is 0 Å². The highest BCUT2D eigenvalue weighted by atomic mass is 32.2. The van der Waals surface area contributed by atoms with Gasteiger partial charge in [0.25, 0.3) is 5.12 Å². The molecule has 1 aromatic carbocycles. The molecule has 0 heterocycles. The Hall–Kier alpha value is -1.42. The molecule has 1 rings (SSSR count). The van der Waals surface area contributed by atoms with Crippen LogP contribution in [0.3, 0.4) is 0 Å². The summed E-state index contributed by atoms with van der Waals surface area (Å²) in [6, 6.07) is 5.00. The summed E-state index contributed by atoms with van der Waals surface area (Å²) in [7, 11) is -2.30. The summed E-state index contributed by atoms with van der Waals surface area (Å²) in [5.74, 6) is -6.37. The molecular weight excluding hydrogens is 359 g/mol. The summed E-state index contributed by atoms with van der Waals surface area (Å²) in [5, 5.41) is -2.40. The molecule has 0 aromatic heterocycles. The SMILES string of the molecule is C[Si](C)(C)OC(=O)c1ccccc1SC(=O)C(F)(F)C(F)(F)F. The minimum absolute atomic E-state index is 0.230. The average molecular weight is 372 g/mol. The highest BCUT2D eigenvalue weighted by Crippen LogP contribution is 2.41. The molecule has 23 heavy (non-hydrogen) atoms. The molecule has 0 spiro atoms. The Morgan fingerprint density at radius 2 is 1.57 bits per heavy atom. The quantitative estimate of drug-likeness (QED) is 0.444. The molecule has 10 heteroatoms. The monoisotopic (exact) mass is 372 g/mol. The second-order valence-corrected chi connectivity index (χ2v) is 10.9. The first kappa shape index (κ1) is 19.6. The Morgan fingerprint density at radius 1 is 1.04 bits per heavy atom. The van der Waals surface area contributed by atoms with Crippen molar-refractivity contribution in [3.05, 3.63) is 29.8 Å². The molecule has 0 aliphatic carbocycles. The van der Waals surface area contributed by atoms with Crippen molar-refractivity contribution in [2.75, 3.05) is 0 Å². The average Bonchev–Trinajstić information content (AvgIpc) is 2.35. The van der Waals surface area contributed by atoms with Gasteiger partial charge >= 0.3 is 18.1 Å². The fraction of sp³-hybridized carbons (Fsp3) is 0.385. The summed E-state index contributed by atoms with van der Waals surface area (Å²) < 4.78 is 67.8. The molecule has 1 aromatic rings. The summed E-state index contributed by atoms with van der Waals surface area (Å²) >= 11 is -0.336. The van der Waals surface area contributed by atoms with Gasteiger partial charge in [-0.2, -0.15) is 22.0 Å². The number of thioether (sulfide) groups is 1. The third-order valence-electron chi connectivity index (χ3n) is 2.32. The molecule has 0 N–H and O–H groups in total. The first-order chi connectivity index (χ1) is 10.3. The first-order valence-corrected chi connectivity index (χ1v) is 10.5. The molecule has 0 aliphatic heterocycles. The molecule has 0 atom stereocenters. The van der Waals surface area contributed by atoms with E-state index in [1.165, 1.54) is 18.2 Å². The van der Waals surface area contributed by atoms with Gasteiger partial charge in [0.1, 0.15) is 0 Å². The van der Waals surface area contributed by atoms with Crippen molar-refractivity contribution in [1.29, 1.82) is 0 Å². The van der Waals surface area contributed by atoms with Gasteiger partial charge in [-0.1, -0.05) is 12.1 Å². The number of rotatable bonds is 4. The van der Waals surface area contributed by atoms with E-state index in [9.17, 15) is 31.5 Å². The van der Waals surface area contributed by atoms with Crippen LogP contribution in [0.2, 0.25) is 19.6 Å². The van der Waals surface area contributed by atoms with Crippen LogP contribution in [0.4, 0.5) is 22.0 Å². The molecule has 128 valence electrons. The van der Waals surface area contributed by atoms with E-state index in [0.717, 1.165) is 6.07 Å². The van der Waals surface area contributed by atoms with E-state index in [1.54, 1.807) is 19.6 Å². The molecule has 3 nitrogen and oxygen atoms in total. The molecule has 0 bridgehead atoms. The van der Waals surface area contributed by atoms with E-state index in [0.29, 0.717) is 0 Å². The Labute approximate surface area is 134 Å². The largest absolute Gasteiger partial charge is 0.516 e. The number of carbonyl (C=O) groups is 2. The second-order valence-electron chi connectivity index (χ2n) is 5.46. The van der Waals surface area contributed by atoms with Gasteiger partial charge in [-0.25, -0.2) is 4.79 Å². The van der Waals surface area contributed by atoms with Crippen molar-refractivity contribution in [1.82, 2.24) is 0 Å². The predicted molar refractivity (Wildman–Crippen MR) is 77.1 cm³/mol. The van der Waals surface area contributed by atoms with Crippen LogP contribution in [0.1, 0.15) is 10.4 Å². The van der Waals surface area contributed by atoms with Crippen molar-refractivity contribution in [3.8, 4) is 0 Å².